The van der Waals surface area contributed by atoms with Gasteiger partial charge in [0, 0.05) is 31.1 Å². The molecule has 0 amide bonds. The summed E-state index contributed by atoms with van der Waals surface area (Å²) in [6.45, 7) is 1.51. The average Bonchev–Trinajstić information content (AvgIpc) is 2.06. The highest BCUT2D eigenvalue weighted by Gasteiger charge is 2.22. The van der Waals surface area contributed by atoms with Crippen LogP contribution in [-0.2, 0) is 10.0 Å². The zero-order valence-electron chi connectivity index (χ0n) is 6.90. The minimum atomic E-state index is -3.04. The average molecular weight is 210 g/mol. The van der Waals surface area contributed by atoms with Gasteiger partial charge in [-0.05, 0) is 0 Å². The Balaban J connectivity index is 2.54. The second kappa shape index (κ2) is 4.45. The van der Waals surface area contributed by atoms with E-state index in [1.807, 2.05) is 0 Å². The molecule has 0 radical (unpaired) electrons. The lowest BCUT2D eigenvalue weighted by Crippen LogP contribution is -2.40. The summed E-state index contributed by atoms with van der Waals surface area (Å²) in [7, 11) is -3.04. The number of rotatable bonds is 3. The lowest BCUT2D eigenvalue weighted by atomic mass is 10.6. The van der Waals surface area contributed by atoms with Crippen molar-refractivity contribution in [2.24, 2.45) is 5.73 Å². The highest BCUT2D eigenvalue weighted by atomic mass is 32.2. The van der Waals surface area contributed by atoms with E-state index in [9.17, 15) is 8.42 Å². The molecule has 0 saturated carbocycles. The minimum Gasteiger partial charge on any atom is -0.329 e. The number of hydrogen-bond acceptors (Lipinski definition) is 4. The van der Waals surface area contributed by atoms with E-state index in [1.165, 1.54) is 4.31 Å². The van der Waals surface area contributed by atoms with Gasteiger partial charge in [0.25, 0.3) is 0 Å². The maximum Gasteiger partial charge on any atom is 0.215 e. The van der Waals surface area contributed by atoms with Crippen LogP contribution in [0.4, 0.5) is 0 Å². The highest BCUT2D eigenvalue weighted by molar-refractivity contribution is 7.99. The maximum atomic E-state index is 11.4. The molecule has 72 valence electrons. The molecule has 2 N–H and O–H groups in total. The van der Waals surface area contributed by atoms with Crippen LogP contribution in [-0.4, -0.2) is 49.6 Å². The van der Waals surface area contributed by atoms with Gasteiger partial charge in [-0.25, -0.2) is 12.7 Å². The van der Waals surface area contributed by atoms with Crippen LogP contribution >= 0.6 is 11.8 Å². The fourth-order valence-electron chi connectivity index (χ4n) is 1.10. The number of sulfonamides is 1. The molecule has 0 aromatic heterocycles. The Morgan fingerprint density at radius 3 is 2.42 bits per heavy atom. The molecule has 1 saturated heterocycles. The van der Waals surface area contributed by atoms with Gasteiger partial charge in [-0.1, -0.05) is 0 Å². The van der Waals surface area contributed by atoms with Crippen LogP contribution < -0.4 is 5.73 Å². The molecular formula is C6H14N2O2S2. The van der Waals surface area contributed by atoms with Gasteiger partial charge < -0.3 is 5.73 Å². The third kappa shape index (κ3) is 2.62. The molecule has 0 bridgehead atoms. The Morgan fingerprint density at radius 1 is 1.33 bits per heavy atom. The first-order valence-electron chi connectivity index (χ1n) is 3.92. The van der Waals surface area contributed by atoms with Gasteiger partial charge in [0.05, 0.1) is 5.75 Å². The summed E-state index contributed by atoms with van der Waals surface area (Å²) in [6.07, 6.45) is 0. The van der Waals surface area contributed by atoms with Crippen LogP contribution in [0.25, 0.3) is 0 Å². The van der Waals surface area contributed by atoms with Crippen LogP contribution in [0.2, 0.25) is 0 Å². The highest BCUT2D eigenvalue weighted by Crippen LogP contribution is 2.12. The molecule has 0 spiro atoms. The molecule has 0 aromatic rings. The number of nitrogens with two attached hydrogens (primary N) is 1. The first-order valence-corrected chi connectivity index (χ1v) is 6.69. The number of thioether (sulfide) groups is 1. The first kappa shape index (κ1) is 10.3. The predicted octanol–water partition coefficient (Wildman–Crippen LogP) is -0.676. The summed E-state index contributed by atoms with van der Waals surface area (Å²) in [5.74, 6) is 1.89. The molecule has 0 aromatic carbocycles. The van der Waals surface area contributed by atoms with Crippen molar-refractivity contribution in [3.8, 4) is 0 Å². The van der Waals surface area contributed by atoms with E-state index in [-0.39, 0.29) is 12.3 Å². The van der Waals surface area contributed by atoms with Crippen molar-refractivity contribution in [2.75, 3.05) is 36.9 Å². The second-order valence-corrected chi connectivity index (χ2v) is 5.93. The van der Waals surface area contributed by atoms with Gasteiger partial charge in [0.1, 0.15) is 0 Å². The second-order valence-electron chi connectivity index (χ2n) is 2.62. The molecule has 6 heteroatoms. The largest absolute Gasteiger partial charge is 0.329 e. The Bertz CT molecular complexity index is 222. The third-order valence-electron chi connectivity index (χ3n) is 1.74. The molecule has 1 aliphatic rings. The molecule has 1 fully saturated rings. The van der Waals surface area contributed by atoms with Crippen LogP contribution in [0.5, 0.6) is 0 Å². The van der Waals surface area contributed by atoms with Crippen molar-refractivity contribution in [3.63, 3.8) is 0 Å². The first-order chi connectivity index (χ1) is 5.67. The quantitative estimate of drug-likeness (QED) is 0.670. The van der Waals surface area contributed by atoms with Crippen molar-refractivity contribution >= 4 is 21.8 Å². The summed E-state index contributed by atoms with van der Waals surface area (Å²) in [4.78, 5) is 0. The molecular weight excluding hydrogens is 196 g/mol. The summed E-state index contributed by atoms with van der Waals surface area (Å²) >= 11 is 1.80. The van der Waals surface area contributed by atoms with Crippen molar-refractivity contribution in [2.45, 2.75) is 0 Å². The molecule has 0 aliphatic carbocycles. The molecule has 12 heavy (non-hydrogen) atoms. The lowest BCUT2D eigenvalue weighted by Gasteiger charge is -2.25. The zero-order chi connectivity index (χ0) is 9.03. The van der Waals surface area contributed by atoms with Crippen LogP contribution in [0.1, 0.15) is 0 Å². The smallest absolute Gasteiger partial charge is 0.215 e. The van der Waals surface area contributed by atoms with Crippen molar-refractivity contribution in [1.82, 2.24) is 4.31 Å². The van der Waals surface area contributed by atoms with Crippen molar-refractivity contribution in [3.05, 3.63) is 0 Å². The SMILES string of the molecule is NCCS(=O)(=O)N1CCSCC1. The maximum absolute atomic E-state index is 11.4. The Hall–Kier alpha value is 0.220. The number of nitrogens with zero attached hydrogens (tertiary/aromatic N) is 1. The molecule has 1 heterocycles. The fraction of sp³-hybridized carbons (Fsp3) is 1.00. The van der Waals surface area contributed by atoms with Gasteiger partial charge in [-0.3, -0.25) is 0 Å². The van der Waals surface area contributed by atoms with E-state index in [1.54, 1.807) is 11.8 Å². The summed E-state index contributed by atoms with van der Waals surface area (Å²) in [5, 5.41) is 0. The zero-order valence-corrected chi connectivity index (χ0v) is 8.53. The topological polar surface area (TPSA) is 63.4 Å². The molecule has 4 nitrogen and oxygen atoms in total. The molecule has 0 atom stereocenters. The van der Waals surface area contributed by atoms with Gasteiger partial charge in [0.15, 0.2) is 0 Å². The predicted molar refractivity (Wildman–Crippen MR) is 51.7 cm³/mol. The molecule has 1 rings (SSSR count). The Morgan fingerprint density at radius 2 is 1.92 bits per heavy atom. The minimum absolute atomic E-state index is 0.0810. The lowest BCUT2D eigenvalue weighted by molar-refractivity contribution is 0.444. The summed E-state index contributed by atoms with van der Waals surface area (Å²) in [6, 6.07) is 0. The standard InChI is InChI=1S/C6H14N2O2S2/c7-1-6-12(9,10)8-2-4-11-5-3-8/h1-7H2. The van der Waals surface area contributed by atoms with Gasteiger partial charge in [-0.15, -0.1) is 0 Å². The summed E-state index contributed by atoms with van der Waals surface area (Å²) in [5.41, 5.74) is 5.21. The van der Waals surface area contributed by atoms with Crippen molar-refractivity contribution in [1.29, 1.82) is 0 Å². The van der Waals surface area contributed by atoms with E-state index in [0.717, 1.165) is 11.5 Å². The van der Waals surface area contributed by atoms with Crippen LogP contribution in [0.3, 0.4) is 0 Å². The monoisotopic (exact) mass is 210 g/mol. The van der Waals surface area contributed by atoms with E-state index in [0.29, 0.717) is 13.1 Å². The fourth-order valence-corrected chi connectivity index (χ4v) is 3.53. The normalized spacial score (nSPS) is 21.1. The Kier molecular flexibility index (Phi) is 3.82. The van der Waals surface area contributed by atoms with Gasteiger partial charge >= 0.3 is 0 Å². The van der Waals surface area contributed by atoms with E-state index in [4.69, 9.17) is 5.73 Å². The molecule has 0 unspecified atom stereocenters. The van der Waals surface area contributed by atoms with Crippen LogP contribution in [0, 0.1) is 0 Å². The van der Waals surface area contributed by atoms with Crippen LogP contribution in [0.15, 0.2) is 0 Å². The number of hydrogen-bond donors (Lipinski definition) is 1. The van der Waals surface area contributed by atoms with Crippen molar-refractivity contribution < 1.29 is 8.42 Å². The van der Waals surface area contributed by atoms with Gasteiger partial charge in [-0.2, -0.15) is 11.8 Å². The summed E-state index contributed by atoms with van der Waals surface area (Å²) < 4.78 is 24.4. The van der Waals surface area contributed by atoms with E-state index < -0.39 is 10.0 Å². The molecule has 1 aliphatic heterocycles. The Labute approximate surface area is 77.5 Å². The van der Waals surface area contributed by atoms with E-state index in [2.05, 4.69) is 0 Å². The third-order valence-corrected chi connectivity index (χ3v) is 4.59. The van der Waals surface area contributed by atoms with Gasteiger partial charge in [0.2, 0.25) is 10.0 Å². The van der Waals surface area contributed by atoms with E-state index >= 15 is 0 Å².